The Balaban J connectivity index is 1.50. The Morgan fingerprint density at radius 1 is 1.32 bits per heavy atom. The number of carbonyl (C=O) groups is 1. The van der Waals surface area contributed by atoms with Gasteiger partial charge in [-0.2, -0.15) is 9.57 Å². The van der Waals surface area contributed by atoms with Crippen molar-refractivity contribution in [3.05, 3.63) is 18.3 Å². The van der Waals surface area contributed by atoms with Crippen LogP contribution in [0.3, 0.4) is 0 Å². The van der Waals surface area contributed by atoms with Crippen molar-refractivity contribution in [3.63, 3.8) is 0 Å². The molecule has 0 radical (unpaired) electrons. The van der Waals surface area contributed by atoms with E-state index in [-0.39, 0.29) is 23.4 Å². The number of nitrogens with one attached hydrogen (secondary N) is 2. The number of pyridine rings is 1. The van der Waals surface area contributed by atoms with E-state index >= 15 is 0 Å². The summed E-state index contributed by atoms with van der Waals surface area (Å²) in [4.78, 5) is 18.4. The van der Waals surface area contributed by atoms with Gasteiger partial charge in [0.05, 0.1) is 25.8 Å². The number of nitriles is 1. The molecule has 3 heterocycles. The van der Waals surface area contributed by atoms with Crippen molar-refractivity contribution in [2.24, 2.45) is 0 Å². The first-order chi connectivity index (χ1) is 14.7. The minimum absolute atomic E-state index is 0.0760. The van der Waals surface area contributed by atoms with Crippen LogP contribution in [0.4, 0.5) is 5.82 Å². The van der Waals surface area contributed by atoms with Crippen molar-refractivity contribution in [3.8, 4) is 6.07 Å². The minimum Gasteiger partial charge on any atom is -0.379 e. The van der Waals surface area contributed by atoms with Crippen LogP contribution in [0.1, 0.15) is 26.7 Å². The third-order valence-corrected chi connectivity index (χ3v) is 7.38. The van der Waals surface area contributed by atoms with Crippen LogP contribution in [0.5, 0.6) is 0 Å². The van der Waals surface area contributed by atoms with Crippen molar-refractivity contribution < 1.29 is 17.9 Å². The van der Waals surface area contributed by atoms with Gasteiger partial charge in [-0.15, -0.1) is 0 Å². The maximum atomic E-state index is 12.7. The summed E-state index contributed by atoms with van der Waals surface area (Å²) in [6, 6.07) is 5.03. The van der Waals surface area contributed by atoms with Crippen LogP contribution in [-0.4, -0.2) is 86.0 Å². The number of nitrogens with zero attached hydrogens (tertiary/aromatic N) is 4. The second-order valence-corrected chi connectivity index (χ2v) is 10.3. The predicted octanol–water partition coefficient (Wildman–Crippen LogP) is 0.397. The van der Waals surface area contributed by atoms with Crippen molar-refractivity contribution in [1.82, 2.24) is 19.5 Å². The molecule has 0 spiro atoms. The van der Waals surface area contributed by atoms with E-state index in [1.807, 2.05) is 13.8 Å². The highest BCUT2D eigenvalue weighted by molar-refractivity contribution is 7.89. The fourth-order valence-corrected chi connectivity index (χ4v) is 4.92. The lowest BCUT2D eigenvalue weighted by atomic mass is 10.1. The quantitative estimate of drug-likeness (QED) is 0.582. The van der Waals surface area contributed by atoms with Gasteiger partial charge in [0.15, 0.2) is 0 Å². The zero-order valence-corrected chi connectivity index (χ0v) is 18.8. The van der Waals surface area contributed by atoms with Gasteiger partial charge in [0.25, 0.3) is 0 Å². The first kappa shape index (κ1) is 23.4. The highest BCUT2D eigenvalue weighted by Gasteiger charge is 2.30. The molecule has 1 aromatic rings. The number of hydrogen-bond acceptors (Lipinski definition) is 8. The molecule has 10 nitrogen and oxygen atoms in total. The summed E-state index contributed by atoms with van der Waals surface area (Å²) >= 11 is 0. The van der Waals surface area contributed by atoms with Crippen LogP contribution in [0.25, 0.3) is 0 Å². The predicted molar refractivity (Wildman–Crippen MR) is 115 cm³/mol. The second kappa shape index (κ2) is 9.91. The molecular formula is C20H30N6O4S. The maximum absolute atomic E-state index is 12.7. The van der Waals surface area contributed by atoms with E-state index < -0.39 is 15.6 Å². The number of anilines is 1. The topological polar surface area (TPSA) is 128 Å². The lowest BCUT2D eigenvalue weighted by Gasteiger charge is -2.28. The van der Waals surface area contributed by atoms with Crippen LogP contribution >= 0.6 is 0 Å². The van der Waals surface area contributed by atoms with Gasteiger partial charge in [-0.05, 0) is 38.8 Å². The number of likely N-dealkylation sites (tertiary alicyclic amines) is 1. The van der Waals surface area contributed by atoms with Crippen LogP contribution < -0.4 is 10.6 Å². The summed E-state index contributed by atoms with van der Waals surface area (Å²) in [5, 5.41) is 15.5. The van der Waals surface area contributed by atoms with E-state index in [1.54, 1.807) is 17.0 Å². The molecule has 2 aliphatic rings. The molecule has 1 amide bonds. The van der Waals surface area contributed by atoms with Crippen molar-refractivity contribution in [2.45, 2.75) is 43.2 Å². The normalized spacial score (nSPS) is 20.4. The Bertz CT molecular complexity index is 907. The molecule has 170 valence electrons. The van der Waals surface area contributed by atoms with Crippen LogP contribution in [0.15, 0.2) is 23.2 Å². The van der Waals surface area contributed by atoms with E-state index in [0.717, 1.165) is 12.8 Å². The van der Waals surface area contributed by atoms with E-state index in [2.05, 4.69) is 21.7 Å². The molecule has 0 bridgehead atoms. The number of sulfonamides is 1. The van der Waals surface area contributed by atoms with Gasteiger partial charge in [-0.25, -0.2) is 13.4 Å². The number of amides is 1. The van der Waals surface area contributed by atoms with E-state index in [1.165, 1.54) is 10.5 Å². The number of rotatable bonds is 8. The maximum Gasteiger partial charge on any atom is 0.244 e. The monoisotopic (exact) mass is 450 g/mol. The van der Waals surface area contributed by atoms with Crippen molar-refractivity contribution in [2.75, 3.05) is 51.3 Å². The molecule has 3 rings (SSSR count). The van der Waals surface area contributed by atoms with Gasteiger partial charge in [0.1, 0.15) is 16.8 Å². The average Bonchev–Trinajstić information content (AvgIpc) is 3.26. The smallest absolute Gasteiger partial charge is 0.244 e. The largest absolute Gasteiger partial charge is 0.379 e. The summed E-state index contributed by atoms with van der Waals surface area (Å²) in [6.07, 6.45) is 2.94. The zero-order valence-electron chi connectivity index (χ0n) is 18.0. The van der Waals surface area contributed by atoms with Crippen molar-refractivity contribution >= 4 is 21.7 Å². The third kappa shape index (κ3) is 5.92. The third-order valence-electron chi connectivity index (χ3n) is 5.50. The summed E-state index contributed by atoms with van der Waals surface area (Å²) in [6.45, 7) is 6.63. The van der Waals surface area contributed by atoms with E-state index in [4.69, 9.17) is 10.00 Å². The Labute approximate surface area is 183 Å². The molecule has 1 atom stereocenters. The molecule has 31 heavy (non-hydrogen) atoms. The van der Waals surface area contributed by atoms with Gasteiger partial charge in [0.2, 0.25) is 15.9 Å². The standard InChI is InChI=1S/C20H30N6O4S/c1-20(2,24-14-19(27)26-7-3-4-16(26)12-21)15-23-18-6-5-17(13-22-18)31(28,29)25-8-10-30-11-9-25/h5-6,13,16,24H,3-4,7-11,14-15H2,1-2H3,(H,22,23). The zero-order chi connectivity index (χ0) is 22.5. The molecule has 1 unspecified atom stereocenters. The van der Waals surface area contributed by atoms with Crippen LogP contribution in [0.2, 0.25) is 0 Å². The molecule has 11 heteroatoms. The van der Waals surface area contributed by atoms with Gasteiger partial charge >= 0.3 is 0 Å². The molecular weight excluding hydrogens is 420 g/mol. The molecule has 2 fully saturated rings. The SMILES string of the molecule is CC(C)(CNc1ccc(S(=O)(=O)N2CCOCC2)cn1)NCC(=O)N1CCCC1C#N. The lowest BCUT2D eigenvalue weighted by molar-refractivity contribution is -0.130. The second-order valence-electron chi connectivity index (χ2n) is 8.36. The molecule has 2 N–H and O–H groups in total. The number of morpholine rings is 1. The Morgan fingerprint density at radius 2 is 2.06 bits per heavy atom. The summed E-state index contributed by atoms with van der Waals surface area (Å²) in [7, 11) is -3.57. The molecule has 0 aliphatic carbocycles. The Hall–Kier alpha value is -2.26. The fourth-order valence-electron chi connectivity index (χ4n) is 3.56. The molecule has 1 aromatic heterocycles. The molecule has 0 aromatic carbocycles. The van der Waals surface area contributed by atoms with E-state index in [9.17, 15) is 13.2 Å². The van der Waals surface area contributed by atoms with Crippen molar-refractivity contribution in [1.29, 1.82) is 5.26 Å². The number of aromatic nitrogens is 1. The minimum atomic E-state index is -3.57. The lowest BCUT2D eigenvalue weighted by Crippen LogP contribution is -2.50. The molecule has 2 saturated heterocycles. The summed E-state index contributed by atoms with van der Waals surface area (Å²) < 4.78 is 31.9. The Kier molecular flexibility index (Phi) is 7.48. The highest BCUT2D eigenvalue weighted by atomic mass is 32.2. The number of carbonyl (C=O) groups excluding carboxylic acids is 1. The molecule has 2 aliphatic heterocycles. The first-order valence-electron chi connectivity index (χ1n) is 10.4. The van der Waals surface area contributed by atoms with Crippen LogP contribution in [0, 0.1) is 11.3 Å². The van der Waals surface area contributed by atoms with Gasteiger partial charge in [0, 0.05) is 37.9 Å². The highest BCUT2D eigenvalue weighted by Crippen LogP contribution is 2.18. The average molecular weight is 451 g/mol. The van der Waals surface area contributed by atoms with Gasteiger partial charge in [-0.3, -0.25) is 4.79 Å². The number of ether oxygens (including phenoxy) is 1. The fraction of sp³-hybridized carbons (Fsp3) is 0.650. The van der Waals surface area contributed by atoms with E-state index in [0.29, 0.717) is 45.2 Å². The summed E-state index contributed by atoms with van der Waals surface area (Å²) in [5.41, 5.74) is -0.419. The van der Waals surface area contributed by atoms with Crippen LogP contribution in [-0.2, 0) is 19.6 Å². The first-order valence-corrected chi connectivity index (χ1v) is 11.9. The van der Waals surface area contributed by atoms with Gasteiger partial charge in [-0.1, -0.05) is 0 Å². The molecule has 0 saturated carbocycles. The Morgan fingerprint density at radius 3 is 2.71 bits per heavy atom. The summed E-state index contributed by atoms with van der Waals surface area (Å²) in [5.74, 6) is 0.471. The van der Waals surface area contributed by atoms with Gasteiger partial charge < -0.3 is 20.3 Å². The number of hydrogen-bond donors (Lipinski definition) is 2.